The van der Waals surface area contributed by atoms with Crippen LogP contribution in [0.5, 0.6) is 0 Å². The number of H-pyrrole nitrogens is 1. The topological polar surface area (TPSA) is 56.8 Å². The predicted molar refractivity (Wildman–Crippen MR) is 95.6 cm³/mol. The maximum Gasteiger partial charge on any atom is 0.125 e. The van der Waals surface area contributed by atoms with E-state index in [2.05, 4.69) is 38.2 Å². The Morgan fingerprint density at radius 3 is 3.00 bits per heavy atom. The summed E-state index contributed by atoms with van der Waals surface area (Å²) in [5.74, 6) is 3.43. The highest BCUT2D eigenvalue weighted by Gasteiger charge is 2.40. The summed E-state index contributed by atoms with van der Waals surface area (Å²) in [7, 11) is 0. The van der Waals surface area contributed by atoms with Crippen molar-refractivity contribution in [1.82, 2.24) is 19.9 Å². The summed E-state index contributed by atoms with van der Waals surface area (Å²) < 4.78 is 0. The minimum absolute atomic E-state index is 0.760. The van der Waals surface area contributed by atoms with Crippen LogP contribution in [0.3, 0.4) is 0 Å². The van der Waals surface area contributed by atoms with Crippen LogP contribution in [0.25, 0.3) is 0 Å². The van der Waals surface area contributed by atoms with Crippen molar-refractivity contribution in [2.24, 2.45) is 17.8 Å². The number of nitrogens with zero attached hydrogens (tertiary/aromatic N) is 3. The van der Waals surface area contributed by atoms with Gasteiger partial charge in [0.25, 0.3) is 0 Å². The van der Waals surface area contributed by atoms with Crippen molar-refractivity contribution in [2.75, 3.05) is 25.0 Å². The number of rotatable bonds is 5. The van der Waals surface area contributed by atoms with Crippen molar-refractivity contribution < 1.29 is 0 Å². The van der Waals surface area contributed by atoms with Gasteiger partial charge in [-0.2, -0.15) is 0 Å². The van der Waals surface area contributed by atoms with Gasteiger partial charge in [0, 0.05) is 38.1 Å². The molecule has 0 aromatic carbocycles. The molecule has 1 saturated heterocycles. The van der Waals surface area contributed by atoms with Gasteiger partial charge in [-0.25, -0.2) is 9.97 Å². The number of aromatic nitrogens is 3. The van der Waals surface area contributed by atoms with Gasteiger partial charge in [-0.1, -0.05) is 12.5 Å². The summed E-state index contributed by atoms with van der Waals surface area (Å²) in [6.07, 6.45) is 7.77. The monoisotopic (exact) mass is 325 g/mol. The number of anilines is 1. The first-order chi connectivity index (χ1) is 11.8. The summed E-state index contributed by atoms with van der Waals surface area (Å²) in [4.78, 5) is 14.7. The van der Waals surface area contributed by atoms with Crippen molar-refractivity contribution in [3.05, 3.63) is 42.1 Å². The molecular formula is C19H27N5. The zero-order valence-electron chi connectivity index (χ0n) is 14.4. The molecule has 2 aliphatic rings. The van der Waals surface area contributed by atoms with Crippen LogP contribution in [0, 0.1) is 24.7 Å². The lowest BCUT2D eigenvalue weighted by Gasteiger charge is -2.33. The zero-order valence-corrected chi connectivity index (χ0v) is 14.4. The average molecular weight is 325 g/mol. The first kappa shape index (κ1) is 15.6. The van der Waals surface area contributed by atoms with Gasteiger partial charge in [-0.15, -0.1) is 0 Å². The van der Waals surface area contributed by atoms with Crippen LogP contribution in [-0.2, 0) is 6.54 Å². The molecule has 2 aromatic rings. The molecule has 1 aliphatic carbocycles. The first-order valence-corrected chi connectivity index (χ1v) is 9.15. The van der Waals surface area contributed by atoms with Crippen LogP contribution in [-0.4, -0.2) is 39.5 Å². The first-order valence-electron chi connectivity index (χ1n) is 9.15. The van der Waals surface area contributed by atoms with E-state index in [9.17, 15) is 0 Å². The second-order valence-electron chi connectivity index (χ2n) is 7.38. The van der Waals surface area contributed by atoms with Gasteiger partial charge in [0.2, 0.25) is 0 Å². The fourth-order valence-electron chi connectivity index (χ4n) is 4.53. The molecule has 3 atom stereocenters. The lowest BCUT2D eigenvalue weighted by molar-refractivity contribution is 0.207. The molecule has 1 aliphatic heterocycles. The third kappa shape index (κ3) is 3.31. The third-order valence-electron chi connectivity index (χ3n) is 5.84. The highest BCUT2D eigenvalue weighted by Crippen LogP contribution is 2.40. The molecule has 5 nitrogen and oxygen atoms in total. The van der Waals surface area contributed by atoms with Crippen LogP contribution in [0.4, 0.5) is 5.82 Å². The van der Waals surface area contributed by atoms with Crippen LogP contribution in [0.15, 0.2) is 30.7 Å². The molecule has 5 heteroatoms. The van der Waals surface area contributed by atoms with Gasteiger partial charge in [-0.05, 0) is 49.7 Å². The van der Waals surface area contributed by atoms with Crippen molar-refractivity contribution in [3.63, 3.8) is 0 Å². The van der Waals surface area contributed by atoms with E-state index in [1.54, 1.807) is 0 Å². The highest BCUT2D eigenvalue weighted by atomic mass is 15.2. The number of fused-ring (bicyclic) bond motifs is 1. The molecule has 2 N–H and O–H groups in total. The highest BCUT2D eigenvalue weighted by molar-refractivity contribution is 5.33. The molecule has 24 heavy (non-hydrogen) atoms. The van der Waals surface area contributed by atoms with Crippen LogP contribution in [0.1, 0.15) is 30.7 Å². The molecule has 0 amide bonds. The molecule has 4 rings (SSSR count). The Kier molecular flexibility index (Phi) is 4.52. The van der Waals surface area contributed by atoms with E-state index in [0.717, 1.165) is 36.7 Å². The van der Waals surface area contributed by atoms with Gasteiger partial charge >= 0.3 is 0 Å². The number of pyridine rings is 1. The molecule has 0 unspecified atom stereocenters. The number of aryl methyl sites for hydroxylation is 1. The van der Waals surface area contributed by atoms with E-state index in [4.69, 9.17) is 0 Å². The zero-order chi connectivity index (χ0) is 16.4. The molecule has 0 spiro atoms. The Balaban J connectivity index is 1.36. The molecule has 0 radical (unpaired) electrons. The van der Waals surface area contributed by atoms with Crippen molar-refractivity contribution in [3.8, 4) is 0 Å². The predicted octanol–water partition coefficient (Wildman–Crippen LogP) is 3.07. The molecule has 1 saturated carbocycles. The maximum absolute atomic E-state index is 4.47. The summed E-state index contributed by atoms with van der Waals surface area (Å²) in [6.45, 7) is 6.60. The fourth-order valence-corrected chi connectivity index (χ4v) is 4.53. The van der Waals surface area contributed by atoms with Crippen LogP contribution >= 0.6 is 0 Å². The molecule has 3 heterocycles. The number of nitrogens with one attached hydrogen (secondary N) is 2. The summed E-state index contributed by atoms with van der Waals surface area (Å²) in [6, 6.07) is 6.07. The van der Waals surface area contributed by atoms with E-state index in [-0.39, 0.29) is 0 Å². The smallest absolute Gasteiger partial charge is 0.125 e. The molecule has 0 bridgehead atoms. The minimum Gasteiger partial charge on any atom is -0.370 e. The SMILES string of the molecule is Cc1[nH]cnc1CN1C[C@@H]2CCC[C@H](CNc3ccccn3)[C@@H]2C1. The second-order valence-corrected chi connectivity index (χ2v) is 7.38. The summed E-state index contributed by atoms with van der Waals surface area (Å²) >= 11 is 0. The maximum atomic E-state index is 4.47. The van der Waals surface area contributed by atoms with Crippen molar-refractivity contribution >= 4 is 5.82 Å². The Hall–Kier alpha value is -1.88. The number of hydrogen-bond acceptors (Lipinski definition) is 4. The molecule has 2 aromatic heterocycles. The Morgan fingerprint density at radius 2 is 2.21 bits per heavy atom. The second kappa shape index (κ2) is 6.93. The van der Waals surface area contributed by atoms with Crippen LogP contribution in [0.2, 0.25) is 0 Å². The minimum atomic E-state index is 0.760. The molecule has 128 valence electrons. The standard InChI is InChI=1S/C19H27N5/c1-14-18(23-13-22-14)12-24-10-16-6-4-5-15(17(16)11-24)9-21-19-7-2-3-8-20-19/h2-3,7-8,13,15-17H,4-6,9-12H2,1H3,(H,20,21)(H,22,23)/t15-,16+,17+/m1/s1. The number of imidazole rings is 1. The fraction of sp³-hybridized carbons (Fsp3) is 0.579. The van der Waals surface area contributed by atoms with Crippen LogP contribution < -0.4 is 5.32 Å². The Morgan fingerprint density at radius 1 is 1.25 bits per heavy atom. The van der Waals surface area contributed by atoms with Crippen molar-refractivity contribution in [2.45, 2.75) is 32.7 Å². The Labute approximate surface area is 143 Å². The van der Waals surface area contributed by atoms with E-state index in [1.807, 2.05) is 24.7 Å². The van der Waals surface area contributed by atoms with Crippen molar-refractivity contribution in [1.29, 1.82) is 0 Å². The van der Waals surface area contributed by atoms with Gasteiger partial charge in [0.15, 0.2) is 0 Å². The third-order valence-corrected chi connectivity index (χ3v) is 5.84. The van der Waals surface area contributed by atoms with E-state index in [1.165, 1.54) is 43.7 Å². The molecular weight excluding hydrogens is 298 g/mol. The van der Waals surface area contributed by atoms with Gasteiger partial charge < -0.3 is 10.3 Å². The number of likely N-dealkylation sites (tertiary alicyclic amines) is 1. The van der Waals surface area contributed by atoms with E-state index in [0.29, 0.717) is 0 Å². The Bertz CT molecular complexity index is 653. The van der Waals surface area contributed by atoms with E-state index >= 15 is 0 Å². The molecule has 2 fully saturated rings. The van der Waals surface area contributed by atoms with E-state index < -0.39 is 0 Å². The number of aromatic amines is 1. The van der Waals surface area contributed by atoms with Gasteiger partial charge in [0.1, 0.15) is 5.82 Å². The van der Waals surface area contributed by atoms with Gasteiger partial charge in [0.05, 0.1) is 12.0 Å². The average Bonchev–Trinajstić information content (AvgIpc) is 3.20. The largest absolute Gasteiger partial charge is 0.370 e. The normalized spacial score (nSPS) is 27.1. The quantitative estimate of drug-likeness (QED) is 0.887. The summed E-state index contributed by atoms with van der Waals surface area (Å²) in [5.41, 5.74) is 2.41. The number of hydrogen-bond donors (Lipinski definition) is 2. The lowest BCUT2D eigenvalue weighted by atomic mass is 9.74. The van der Waals surface area contributed by atoms with Gasteiger partial charge in [-0.3, -0.25) is 4.90 Å². The lowest BCUT2D eigenvalue weighted by Crippen LogP contribution is -2.32. The summed E-state index contributed by atoms with van der Waals surface area (Å²) in [5, 5.41) is 3.55.